The molecule has 2 aromatic rings. The Kier molecular flexibility index (Phi) is 3.47. The molecule has 2 rings (SSSR count). The first-order valence-electron chi connectivity index (χ1n) is 5.49. The zero-order chi connectivity index (χ0) is 13.3. The number of nitrogens with zero attached hydrogens (tertiary/aromatic N) is 4. The van der Waals surface area contributed by atoms with Crippen LogP contribution in [0.15, 0.2) is 18.6 Å². The first-order chi connectivity index (χ1) is 8.39. The molecule has 0 unspecified atom stereocenters. The lowest BCUT2D eigenvalue weighted by atomic mass is 9.92. The van der Waals surface area contributed by atoms with Crippen molar-refractivity contribution in [2.24, 2.45) is 0 Å². The van der Waals surface area contributed by atoms with E-state index in [0.717, 1.165) is 9.26 Å². The van der Waals surface area contributed by atoms with E-state index in [9.17, 15) is 0 Å². The summed E-state index contributed by atoms with van der Waals surface area (Å²) >= 11 is 2.18. The highest BCUT2D eigenvalue weighted by Crippen LogP contribution is 2.29. The van der Waals surface area contributed by atoms with Crippen molar-refractivity contribution in [1.29, 1.82) is 0 Å². The van der Waals surface area contributed by atoms with E-state index in [0.29, 0.717) is 17.3 Å². The standard InChI is InChI=1S/C12H14IN5/c1-12(2,3)9-8(13)10(14)18-11(17-9)7-6-15-4-5-16-7/h4-6H,1-3H3,(H2,14,17,18). The third-order valence-electron chi connectivity index (χ3n) is 2.38. The number of halogens is 1. The van der Waals surface area contributed by atoms with Gasteiger partial charge in [-0.1, -0.05) is 20.8 Å². The Bertz CT molecular complexity index is 563. The van der Waals surface area contributed by atoms with E-state index in [1.165, 1.54) is 0 Å². The van der Waals surface area contributed by atoms with E-state index >= 15 is 0 Å². The predicted molar refractivity (Wildman–Crippen MR) is 78.9 cm³/mol. The topological polar surface area (TPSA) is 77.6 Å². The van der Waals surface area contributed by atoms with Crippen molar-refractivity contribution in [2.75, 3.05) is 5.73 Å². The molecule has 2 N–H and O–H groups in total. The van der Waals surface area contributed by atoms with Crippen LogP contribution in [-0.2, 0) is 5.41 Å². The Morgan fingerprint density at radius 2 is 1.89 bits per heavy atom. The monoisotopic (exact) mass is 355 g/mol. The minimum atomic E-state index is -0.0927. The number of anilines is 1. The van der Waals surface area contributed by atoms with E-state index in [1.54, 1.807) is 18.6 Å². The van der Waals surface area contributed by atoms with Gasteiger partial charge in [-0.3, -0.25) is 4.98 Å². The zero-order valence-corrected chi connectivity index (χ0v) is 12.6. The molecule has 0 saturated heterocycles. The molecular formula is C12H14IN5. The summed E-state index contributed by atoms with van der Waals surface area (Å²) in [6, 6.07) is 0. The van der Waals surface area contributed by atoms with E-state index in [-0.39, 0.29) is 5.41 Å². The Morgan fingerprint density at radius 3 is 2.44 bits per heavy atom. The minimum Gasteiger partial charge on any atom is -0.383 e. The van der Waals surface area contributed by atoms with E-state index in [2.05, 4.69) is 63.3 Å². The van der Waals surface area contributed by atoms with Crippen molar-refractivity contribution in [2.45, 2.75) is 26.2 Å². The van der Waals surface area contributed by atoms with Gasteiger partial charge < -0.3 is 5.73 Å². The molecular weight excluding hydrogens is 341 g/mol. The fourth-order valence-electron chi connectivity index (χ4n) is 1.49. The summed E-state index contributed by atoms with van der Waals surface area (Å²) in [6.45, 7) is 6.28. The molecule has 0 radical (unpaired) electrons. The van der Waals surface area contributed by atoms with Gasteiger partial charge >= 0.3 is 0 Å². The van der Waals surface area contributed by atoms with Gasteiger partial charge in [-0.15, -0.1) is 0 Å². The molecule has 2 heterocycles. The van der Waals surface area contributed by atoms with Crippen LogP contribution in [0.1, 0.15) is 26.5 Å². The summed E-state index contributed by atoms with van der Waals surface area (Å²) in [6.07, 6.45) is 4.86. The summed E-state index contributed by atoms with van der Waals surface area (Å²) in [7, 11) is 0. The van der Waals surface area contributed by atoms with Crippen molar-refractivity contribution < 1.29 is 0 Å². The molecule has 0 atom stereocenters. The average molecular weight is 355 g/mol. The van der Waals surface area contributed by atoms with Crippen molar-refractivity contribution in [3.8, 4) is 11.5 Å². The lowest BCUT2D eigenvalue weighted by molar-refractivity contribution is 0.564. The van der Waals surface area contributed by atoms with Gasteiger partial charge in [0.05, 0.1) is 15.5 Å². The molecule has 0 spiro atoms. The molecule has 0 amide bonds. The highest BCUT2D eigenvalue weighted by Gasteiger charge is 2.22. The molecule has 0 aliphatic carbocycles. The molecule has 0 bridgehead atoms. The van der Waals surface area contributed by atoms with Crippen molar-refractivity contribution in [3.63, 3.8) is 0 Å². The number of nitrogens with two attached hydrogens (primary N) is 1. The maximum Gasteiger partial charge on any atom is 0.182 e. The largest absolute Gasteiger partial charge is 0.383 e. The summed E-state index contributed by atoms with van der Waals surface area (Å²) in [4.78, 5) is 17.1. The summed E-state index contributed by atoms with van der Waals surface area (Å²) in [5, 5.41) is 0. The highest BCUT2D eigenvalue weighted by molar-refractivity contribution is 14.1. The first-order valence-corrected chi connectivity index (χ1v) is 6.57. The lowest BCUT2D eigenvalue weighted by Crippen LogP contribution is -2.18. The van der Waals surface area contributed by atoms with Gasteiger partial charge in [0.1, 0.15) is 11.5 Å². The summed E-state index contributed by atoms with van der Waals surface area (Å²) in [5.74, 6) is 1.00. The van der Waals surface area contributed by atoms with Crippen LogP contribution >= 0.6 is 22.6 Å². The second-order valence-corrected chi connectivity index (χ2v) is 6.01. The summed E-state index contributed by atoms with van der Waals surface area (Å²) in [5.41, 5.74) is 7.41. The van der Waals surface area contributed by atoms with Crippen molar-refractivity contribution >= 4 is 28.4 Å². The SMILES string of the molecule is CC(C)(C)c1nc(-c2cnccn2)nc(N)c1I. The quantitative estimate of drug-likeness (QED) is 0.795. The molecule has 2 aromatic heterocycles. The number of hydrogen-bond acceptors (Lipinski definition) is 5. The third kappa shape index (κ3) is 2.58. The number of hydrogen-bond donors (Lipinski definition) is 1. The highest BCUT2D eigenvalue weighted by atomic mass is 127. The second kappa shape index (κ2) is 4.75. The fourth-order valence-corrected chi connectivity index (χ4v) is 2.54. The molecule has 0 aliphatic rings. The van der Waals surface area contributed by atoms with Crippen LogP contribution in [0.25, 0.3) is 11.5 Å². The summed E-state index contributed by atoms with van der Waals surface area (Å²) < 4.78 is 0.896. The van der Waals surface area contributed by atoms with Crippen LogP contribution in [0.2, 0.25) is 0 Å². The third-order valence-corrected chi connectivity index (χ3v) is 3.44. The van der Waals surface area contributed by atoms with Gasteiger partial charge in [0, 0.05) is 17.8 Å². The lowest BCUT2D eigenvalue weighted by Gasteiger charge is -2.20. The number of aromatic nitrogens is 4. The van der Waals surface area contributed by atoms with E-state index < -0.39 is 0 Å². The van der Waals surface area contributed by atoms with Crippen molar-refractivity contribution in [3.05, 3.63) is 27.9 Å². The van der Waals surface area contributed by atoms with Crippen LogP contribution in [0.5, 0.6) is 0 Å². The van der Waals surface area contributed by atoms with Crippen LogP contribution in [0.3, 0.4) is 0 Å². The van der Waals surface area contributed by atoms with Crippen molar-refractivity contribution in [1.82, 2.24) is 19.9 Å². The first kappa shape index (κ1) is 13.1. The van der Waals surface area contributed by atoms with E-state index in [4.69, 9.17) is 5.73 Å². The molecule has 18 heavy (non-hydrogen) atoms. The maximum atomic E-state index is 5.95. The molecule has 0 saturated carbocycles. The molecule has 94 valence electrons. The van der Waals surface area contributed by atoms with Gasteiger partial charge in [-0.2, -0.15) is 0 Å². The predicted octanol–water partition coefficient (Wildman–Crippen LogP) is 2.42. The van der Waals surface area contributed by atoms with Gasteiger partial charge in [-0.25, -0.2) is 15.0 Å². The van der Waals surface area contributed by atoms with Crippen LogP contribution in [-0.4, -0.2) is 19.9 Å². The molecule has 5 nitrogen and oxygen atoms in total. The molecule has 0 fully saturated rings. The Labute approximate surface area is 119 Å². The average Bonchev–Trinajstić information content (AvgIpc) is 2.32. The van der Waals surface area contributed by atoms with Gasteiger partial charge in [0.25, 0.3) is 0 Å². The van der Waals surface area contributed by atoms with Crippen LogP contribution in [0, 0.1) is 3.57 Å². The van der Waals surface area contributed by atoms with Gasteiger partial charge in [0.15, 0.2) is 5.82 Å². The molecule has 6 heteroatoms. The molecule has 0 aliphatic heterocycles. The Hall–Kier alpha value is -1.31. The number of nitrogen functional groups attached to an aromatic ring is 1. The Balaban J connectivity index is 2.62. The number of rotatable bonds is 1. The zero-order valence-electron chi connectivity index (χ0n) is 10.5. The maximum absolute atomic E-state index is 5.95. The Morgan fingerprint density at radius 1 is 1.17 bits per heavy atom. The van der Waals surface area contributed by atoms with Crippen LogP contribution < -0.4 is 5.73 Å². The van der Waals surface area contributed by atoms with Crippen LogP contribution in [0.4, 0.5) is 5.82 Å². The molecule has 0 aromatic carbocycles. The van der Waals surface area contributed by atoms with E-state index in [1.807, 2.05) is 0 Å². The second-order valence-electron chi connectivity index (χ2n) is 4.94. The normalized spacial score (nSPS) is 11.6. The van der Waals surface area contributed by atoms with Gasteiger partial charge in [-0.05, 0) is 22.6 Å². The van der Waals surface area contributed by atoms with Gasteiger partial charge in [0.2, 0.25) is 0 Å². The minimum absolute atomic E-state index is 0.0927. The smallest absolute Gasteiger partial charge is 0.182 e. The fraction of sp³-hybridized carbons (Fsp3) is 0.333.